The number of fused-ring (bicyclic) bond motifs is 1. The van der Waals surface area contributed by atoms with Gasteiger partial charge in [0.15, 0.2) is 0 Å². The van der Waals surface area contributed by atoms with E-state index in [1.807, 2.05) is 24.3 Å². The van der Waals surface area contributed by atoms with Gasteiger partial charge < -0.3 is 9.84 Å². The lowest BCUT2D eigenvalue weighted by Crippen LogP contribution is -2.23. The second kappa shape index (κ2) is 5.49. The van der Waals surface area contributed by atoms with Gasteiger partial charge in [0.2, 0.25) is 0 Å². The lowest BCUT2D eigenvalue weighted by Gasteiger charge is -2.25. The maximum absolute atomic E-state index is 13.3. The fourth-order valence-electron chi connectivity index (χ4n) is 2.97. The Morgan fingerprint density at radius 2 is 1.95 bits per heavy atom. The zero-order valence-electron chi connectivity index (χ0n) is 12.1. The molecular formula is C18H19FO2. The van der Waals surface area contributed by atoms with Crippen LogP contribution in [0.5, 0.6) is 5.75 Å². The molecule has 0 heterocycles. The lowest BCUT2D eigenvalue weighted by molar-refractivity contribution is 0.0828. The molecule has 2 nitrogen and oxygen atoms in total. The molecule has 0 saturated carbocycles. The predicted molar refractivity (Wildman–Crippen MR) is 79.9 cm³/mol. The van der Waals surface area contributed by atoms with E-state index in [1.165, 1.54) is 12.1 Å². The molecule has 2 aromatic rings. The van der Waals surface area contributed by atoms with Gasteiger partial charge in [-0.1, -0.05) is 25.1 Å². The molecule has 0 aromatic heterocycles. The number of rotatable bonds is 4. The number of ether oxygens (including phenoxy) is 1. The largest absolute Gasteiger partial charge is 0.494 e. The van der Waals surface area contributed by atoms with E-state index in [4.69, 9.17) is 4.74 Å². The summed E-state index contributed by atoms with van der Waals surface area (Å²) in [5.41, 5.74) is 1.51. The monoisotopic (exact) mass is 286 g/mol. The van der Waals surface area contributed by atoms with Crippen molar-refractivity contribution in [1.82, 2.24) is 0 Å². The molecule has 0 bridgehead atoms. The molecule has 1 N–H and O–H groups in total. The Hall–Kier alpha value is -1.87. The van der Waals surface area contributed by atoms with Crippen molar-refractivity contribution in [2.75, 3.05) is 6.61 Å². The number of benzene rings is 2. The van der Waals surface area contributed by atoms with Crippen molar-refractivity contribution in [3.63, 3.8) is 0 Å². The molecule has 0 spiro atoms. The molecule has 2 aromatic carbocycles. The van der Waals surface area contributed by atoms with E-state index in [2.05, 4.69) is 6.92 Å². The van der Waals surface area contributed by atoms with Crippen LogP contribution in [0.3, 0.4) is 0 Å². The van der Waals surface area contributed by atoms with Gasteiger partial charge in [0.05, 0.1) is 6.61 Å². The maximum atomic E-state index is 13.3. The van der Waals surface area contributed by atoms with Crippen LogP contribution in [0.25, 0.3) is 0 Å². The fraction of sp³-hybridized carbons (Fsp3) is 0.333. The number of aliphatic hydroxyl groups is 1. The molecular weight excluding hydrogens is 267 g/mol. The Morgan fingerprint density at radius 1 is 1.19 bits per heavy atom. The number of hydrogen-bond acceptors (Lipinski definition) is 2. The minimum atomic E-state index is -1.02. The summed E-state index contributed by atoms with van der Waals surface area (Å²) < 4.78 is 18.8. The zero-order chi connectivity index (χ0) is 14.9. The van der Waals surface area contributed by atoms with Gasteiger partial charge in [0, 0.05) is 0 Å². The van der Waals surface area contributed by atoms with Gasteiger partial charge in [0.25, 0.3) is 0 Å². The highest BCUT2D eigenvalue weighted by atomic mass is 19.1. The maximum Gasteiger partial charge on any atom is 0.123 e. The molecule has 0 aliphatic heterocycles. The first-order valence-corrected chi connectivity index (χ1v) is 7.38. The molecule has 3 heteroatoms. The summed E-state index contributed by atoms with van der Waals surface area (Å²) in [5, 5.41) is 11.0. The SMILES string of the molecule is CCCOc1ccc(C2(O)CCc3cc(F)ccc32)cc1. The van der Waals surface area contributed by atoms with Crippen LogP contribution in [0, 0.1) is 5.82 Å². The Balaban J connectivity index is 1.90. The van der Waals surface area contributed by atoms with Gasteiger partial charge in [-0.25, -0.2) is 4.39 Å². The summed E-state index contributed by atoms with van der Waals surface area (Å²) in [6.45, 7) is 2.75. The first kappa shape index (κ1) is 14.1. The minimum absolute atomic E-state index is 0.249. The molecule has 0 fully saturated rings. The highest BCUT2D eigenvalue weighted by Gasteiger charge is 2.38. The van der Waals surface area contributed by atoms with E-state index in [1.54, 1.807) is 6.07 Å². The Labute approximate surface area is 124 Å². The molecule has 3 rings (SSSR count). The first-order valence-electron chi connectivity index (χ1n) is 7.38. The van der Waals surface area contributed by atoms with Crippen LogP contribution in [0.15, 0.2) is 42.5 Å². The van der Waals surface area contributed by atoms with Gasteiger partial charge in [-0.3, -0.25) is 0 Å². The summed E-state index contributed by atoms with van der Waals surface area (Å²) in [5.74, 6) is 0.558. The van der Waals surface area contributed by atoms with Crippen LogP contribution >= 0.6 is 0 Å². The van der Waals surface area contributed by atoms with Gasteiger partial charge >= 0.3 is 0 Å². The number of halogens is 1. The van der Waals surface area contributed by atoms with Crippen LogP contribution in [0.1, 0.15) is 36.5 Å². The summed E-state index contributed by atoms with van der Waals surface area (Å²) >= 11 is 0. The van der Waals surface area contributed by atoms with Crippen molar-refractivity contribution < 1.29 is 14.2 Å². The van der Waals surface area contributed by atoms with Gasteiger partial charge in [-0.05, 0) is 60.2 Å². The summed E-state index contributed by atoms with van der Waals surface area (Å²) in [7, 11) is 0. The lowest BCUT2D eigenvalue weighted by atomic mass is 9.88. The molecule has 1 aliphatic rings. The Kier molecular flexibility index (Phi) is 3.68. The number of hydrogen-bond donors (Lipinski definition) is 1. The van der Waals surface area contributed by atoms with Crippen LogP contribution in [0.4, 0.5) is 4.39 Å². The van der Waals surface area contributed by atoms with E-state index >= 15 is 0 Å². The molecule has 110 valence electrons. The summed E-state index contributed by atoms with van der Waals surface area (Å²) in [6, 6.07) is 12.2. The summed E-state index contributed by atoms with van der Waals surface area (Å²) in [4.78, 5) is 0. The first-order chi connectivity index (χ1) is 10.1. The summed E-state index contributed by atoms with van der Waals surface area (Å²) in [6.07, 6.45) is 2.24. The third-order valence-corrected chi connectivity index (χ3v) is 4.07. The highest BCUT2D eigenvalue weighted by molar-refractivity contribution is 5.46. The van der Waals surface area contributed by atoms with Crippen molar-refractivity contribution in [2.45, 2.75) is 31.8 Å². The topological polar surface area (TPSA) is 29.5 Å². The second-order valence-corrected chi connectivity index (χ2v) is 5.53. The standard InChI is InChI=1S/C18H19FO2/c1-2-11-21-16-6-3-14(4-7-16)18(20)10-9-13-12-15(19)5-8-17(13)18/h3-8,12,20H,2,9-11H2,1H3. The Bertz CT molecular complexity index is 636. The second-order valence-electron chi connectivity index (χ2n) is 5.53. The van der Waals surface area contributed by atoms with Crippen LogP contribution in [-0.2, 0) is 12.0 Å². The molecule has 1 aliphatic carbocycles. The van der Waals surface area contributed by atoms with Crippen molar-refractivity contribution in [1.29, 1.82) is 0 Å². The molecule has 0 saturated heterocycles. The minimum Gasteiger partial charge on any atom is -0.494 e. The average Bonchev–Trinajstić information content (AvgIpc) is 2.83. The van der Waals surface area contributed by atoms with E-state index in [9.17, 15) is 9.50 Å². The Morgan fingerprint density at radius 3 is 2.67 bits per heavy atom. The van der Waals surface area contributed by atoms with E-state index in [0.717, 1.165) is 28.9 Å². The van der Waals surface area contributed by atoms with Crippen LogP contribution in [-0.4, -0.2) is 11.7 Å². The molecule has 1 atom stereocenters. The van der Waals surface area contributed by atoms with Crippen LogP contribution < -0.4 is 4.74 Å². The number of aryl methyl sites for hydroxylation is 1. The normalized spacial score (nSPS) is 20.3. The quantitative estimate of drug-likeness (QED) is 0.926. The van der Waals surface area contributed by atoms with Gasteiger partial charge in [-0.2, -0.15) is 0 Å². The predicted octanol–water partition coefficient (Wildman–Crippen LogP) is 3.80. The van der Waals surface area contributed by atoms with Crippen molar-refractivity contribution in [2.24, 2.45) is 0 Å². The van der Waals surface area contributed by atoms with E-state index in [-0.39, 0.29) is 5.82 Å². The fourth-order valence-corrected chi connectivity index (χ4v) is 2.97. The third-order valence-electron chi connectivity index (χ3n) is 4.07. The van der Waals surface area contributed by atoms with Crippen molar-refractivity contribution in [3.05, 3.63) is 65.0 Å². The highest BCUT2D eigenvalue weighted by Crippen LogP contribution is 2.42. The molecule has 0 radical (unpaired) electrons. The van der Waals surface area contributed by atoms with Gasteiger partial charge in [0.1, 0.15) is 17.2 Å². The van der Waals surface area contributed by atoms with E-state index in [0.29, 0.717) is 19.4 Å². The molecule has 1 unspecified atom stereocenters. The van der Waals surface area contributed by atoms with E-state index < -0.39 is 5.60 Å². The zero-order valence-corrected chi connectivity index (χ0v) is 12.1. The van der Waals surface area contributed by atoms with Crippen molar-refractivity contribution >= 4 is 0 Å². The smallest absolute Gasteiger partial charge is 0.123 e. The average molecular weight is 286 g/mol. The third kappa shape index (κ3) is 2.54. The van der Waals surface area contributed by atoms with Gasteiger partial charge in [-0.15, -0.1) is 0 Å². The molecule has 21 heavy (non-hydrogen) atoms. The van der Waals surface area contributed by atoms with Crippen LogP contribution in [0.2, 0.25) is 0 Å². The van der Waals surface area contributed by atoms with Crippen molar-refractivity contribution in [3.8, 4) is 5.75 Å². The molecule has 0 amide bonds.